The number of nitrogens with one attached hydrogen (secondary N) is 1. The number of halogens is 3. The molecule has 0 aromatic carbocycles. The molecule has 3 heterocycles. The standard InChI is InChI=1S/C17H17F3N4O/c1-9-7-10(17(18,19)20)8-13(23-9)24-14(15-21-5-6-22-15)11-3-2-4-12(11)16(24)25/h5-8,11-12,14H,2-4H2,1H3,(H,21,22). The zero-order chi connectivity index (χ0) is 17.8. The van der Waals surface area contributed by atoms with Crippen molar-refractivity contribution in [2.75, 3.05) is 4.90 Å². The number of hydrogen-bond acceptors (Lipinski definition) is 3. The minimum absolute atomic E-state index is 0.0492. The van der Waals surface area contributed by atoms with Crippen molar-refractivity contribution in [3.63, 3.8) is 0 Å². The predicted octanol–water partition coefficient (Wildman–Crippen LogP) is 3.64. The minimum Gasteiger partial charge on any atom is -0.347 e. The van der Waals surface area contributed by atoms with Gasteiger partial charge in [0.15, 0.2) is 0 Å². The summed E-state index contributed by atoms with van der Waals surface area (Å²) in [6.45, 7) is 1.50. The van der Waals surface area contributed by atoms with E-state index < -0.39 is 17.8 Å². The lowest BCUT2D eigenvalue weighted by atomic mass is 9.93. The molecule has 8 heteroatoms. The van der Waals surface area contributed by atoms with Gasteiger partial charge >= 0.3 is 6.18 Å². The number of amides is 1. The van der Waals surface area contributed by atoms with Crippen LogP contribution in [-0.2, 0) is 11.0 Å². The first kappa shape index (κ1) is 16.1. The SMILES string of the molecule is Cc1cc(C(F)(F)F)cc(N2C(=O)C3CCCC3C2c2ncc[nH]2)n1. The maximum Gasteiger partial charge on any atom is 0.416 e. The van der Waals surface area contributed by atoms with E-state index in [4.69, 9.17) is 0 Å². The van der Waals surface area contributed by atoms with Crippen LogP contribution >= 0.6 is 0 Å². The summed E-state index contributed by atoms with van der Waals surface area (Å²) in [5, 5.41) is 0. The number of aromatic amines is 1. The number of alkyl halides is 3. The molecule has 0 radical (unpaired) electrons. The van der Waals surface area contributed by atoms with Gasteiger partial charge in [-0.2, -0.15) is 13.2 Å². The lowest BCUT2D eigenvalue weighted by Gasteiger charge is -2.26. The van der Waals surface area contributed by atoms with Crippen molar-refractivity contribution >= 4 is 11.7 Å². The molecule has 0 bridgehead atoms. The summed E-state index contributed by atoms with van der Waals surface area (Å²) in [7, 11) is 0. The second kappa shape index (κ2) is 5.57. The van der Waals surface area contributed by atoms with E-state index in [-0.39, 0.29) is 29.3 Å². The highest BCUT2D eigenvalue weighted by molar-refractivity contribution is 5.98. The van der Waals surface area contributed by atoms with Crippen LogP contribution in [-0.4, -0.2) is 20.9 Å². The van der Waals surface area contributed by atoms with Gasteiger partial charge in [-0.15, -0.1) is 0 Å². The highest BCUT2D eigenvalue weighted by Crippen LogP contribution is 2.51. The van der Waals surface area contributed by atoms with E-state index in [0.717, 1.165) is 31.4 Å². The number of rotatable bonds is 2. The van der Waals surface area contributed by atoms with Crippen molar-refractivity contribution in [1.29, 1.82) is 0 Å². The zero-order valence-electron chi connectivity index (χ0n) is 13.5. The Balaban J connectivity index is 1.83. The Morgan fingerprint density at radius 2 is 2.08 bits per heavy atom. The smallest absolute Gasteiger partial charge is 0.347 e. The molecule has 2 aromatic heterocycles. The van der Waals surface area contributed by atoms with Crippen molar-refractivity contribution in [3.05, 3.63) is 41.6 Å². The predicted molar refractivity (Wildman–Crippen MR) is 83.6 cm³/mol. The number of nitrogens with zero attached hydrogens (tertiary/aromatic N) is 3. The quantitative estimate of drug-likeness (QED) is 0.900. The maximum absolute atomic E-state index is 13.2. The number of imidazole rings is 1. The van der Waals surface area contributed by atoms with Gasteiger partial charge in [0, 0.05) is 24.0 Å². The number of anilines is 1. The average Bonchev–Trinajstić information content (AvgIpc) is 3.24. The lowest BCUT2D eigenvalue weighted by molar-refractivity contribution is -0.137. The molecular weight excluding hydrogens is 333 g/mol. The molecule has 1 N–H and O–H groups in total. The first-order valence-electron chi connectivity index (χ1n) is 8.24. The Hall–Kier alpha value is -2.38. The Bertz CT molecular complexity index is 803. The summed E-state index contributed by atoms with van der Waals surface area (Å²) < 4.78 is 39.6. The van der Waals surface area contributed by atoms with Gasteiger partial charge in [0.1, 0.15) is 11.6 Å². The van der Waals surface area contributed by atoms with Gasteiger partial charge in [0.2, 0.25) is 5.91 Å². The average molecular weight is 350 g/mol. The monoisotopic (exact) mass is 350 g/mol. The number of carbonyl (C=O) groups excluding carboxylic acids is 1. The van der Waals surface area contributed by atoms with Crippen LogP contribution in [0.4, 0.5) is 19.0 Å². The van der Waals surface area contributed by atoms with Crippen molar-refractivity contribution in [2.24, 2.45) is 11.8 Å². The van der Waals surface area contributed by atoms with Crippen LogP contribution in [0.1, 0.15) is 42.4 Å². The Morgan fingerprint density at radius 1 is 1.28 bits per heavy atom. The molecule has 1 saturated carbocycles. The molecule has 5 nitrogen and oxygen atoms in total. The number of H-pyrrole nitrogens is 1. The van der Waals surface area contributed by atoms with E-state index in [9.17, 15) is 18.0 Å². The fourth-order valence-corrected chi connectivity index (χ4v) is 4.14. The van der Waals surface area contributed by atoms with E-state index in [1.54, 1.807) is 12.4 Å². The molecule has 2 fully saturated rings. The summed E-state index contributed by atoms with van der Waals surface area (Å²) in [6.07, 6.45) is 1.32. The number of pyridine rings is 1. The summed E-state index contributed by atoms with van der Waals surface area (Å²) in [5.41, 5.74) is -0.564. The molecule has 2 aliphatic rings. The molecule has 1 amide bonds. The normalized spacial score (nSPS) is 26.3. The van der Waals surface area contributed by atoms with Crippen molar-refractivity contribution < 1.29 is 18.0 Å². The first-order valence-corrected chi connectivity index (χ1v) is 8.24. The summed E-state index contributed by atoms with van der Waals surface area (Å²) in [6, 6.07) is 1.56. The molecule has 1 saturated heterocycles. The van der Waals surface area contributed by atoms with Gasteiger partial charge in [0.25, 0.3) is 0 Å². The molecule has 2 aromatic rings. The fraction of sp³-hybridized carbons (Fsp3) is 0.471. The van der Waals surface area contributed by atoms with Crippen molar-refractivity contribution in [2.45, 2.75) is 38.4 Å². The van der Waals surface area contributed by atoms with Gasteiger partial charge in [-0.25, -0.2) is 9.97 Å². The third-order valence-corrected chi connectivity index (χ3v) is 5.12. The van der Waals surface area contributed by atoms with Gasteiger partial charge in [-0.3, -0.25) is 9.69 Å². The second-order valence-electron chi connectivity index (χ2n) is 6.68. The number of carbonyl (C=O) groups is 1. The van der Waals surface area contributed by atoms with E-state index >= 15 is 0 Å². The number of hydrogen-bond donors (Lipinski definition) is 1. The molecule has 4 rings (SSSR count). The third-order valence-electron chi connectivity index (χ3n) is 5.12. The highest BCUT2D eigenvalue weighted by Gasteiger charge is 2.52. The maximum atomic E-state index is 13.2. The largest absolute Gasteiger partial charge is 0.416 e. The Labute approximate surface area is 142 Å². The van der Waals surface area contributed by atoms with Crippen LogP contribution in [0.3, 0.4) is 0 Å². The van der Waals surface area contributed by atoms with E-state index in [1.165, 1.54) is 11.8 Å². The Morgan fingerprint density at radius 3 is 2.76 bits per heavy atom. The number of aryl methyl sites for hydroxylation is 1. The lowest BCUT2D eigenvalue weighted by Crippen LogP contribution is -2.32. The molecule has 0 spiro atoms. The van der Waals surface area contributed by atoms with Crippen molar-refractivity contribution in [3.8, 4) is 0 Å². The highest BCUT2D eigenvalue weighted by atomic mass is 19.4. The molecular formula is C17H17F3N4O. The van der Waals surface area contributed by atoms with Gasteiger partial charge in [0.05, 0.1) is 11.6 Å². The van der Waals surface area contributed by atoms with Crippen LogP contribution in [0.15, 0.2) is 24.5 Å². The number of fused-ring (bicyclic) bond motifs is 1. The summed E-state index contributed by atoms with van der Waals surface area (Å²) in [4.78, 5) is 25.9. The van der Waals surface area contributed by atoms with Crippen LogP contribution in [0.25, 0.3) is 0 Å². The molecule has 3 unspecified atom stereocenters. The number of aromatic nitrogens is 3. The van der Waals surface area contributed by atoms with E-state index in [2.05, 4.69) is 15.0 Å². The van der Waals surface area contributed by atoms with Crippen LogP contribution < -0.4 is 4.90 Å². The van der Waals surface area contributed by atoms with E-state index in [0.29, 0.717) is 5.82 Å². The van der Waals surface area contributed by atoms with Gasteiger partial charge < -0.3 is 4.98 Å². The molecule has 25 heavy (non-hydrogen) atoms. The minimum atomic E-state index is -4.48. The zero-order valence-corrected chi connectivity index (χ0v) is 13.5. The topological polar surface area (TPSA) is 61.9 Å². The van der Waals surface area contributed by atoms with Gasteiger partial charge in [-0.05, 0) is 37.8 Å². The van der Waals surface area contributed by atoms with Crippen molar-refractivity contribution in [1.82, 2.24) is 15.0 Å². The molecule has 1 aliphatic carbocycles. The molecule has 3 atom stereocenters. The third kappa shape index (κ3) is 2.60. The molecule has 132 valence electrons. The Kier molecular flexibility index (Phi) is 3.59. The second-order valence-corrected chi connectivity index (χ2v) is 6.68. The van der Waals surface area contributed by atoms with Gasteiger partial charge in [-0.1, -0.05) is 6.42 Å². The van der Waals surface area contributed by atoms with Crippen LogP contribution in [0, 0.1) is 18.8 Å². The van der Waals surface area contributed by atoms with E-state index in [1.807, 2.05) is 0 Å². The van der Waals surface area contributed by atoms with Crippen LogP contribution in [0.2, 0.25) is 0 Å². The summed E-state index contributed by atoms with van der Waals surface area (Å²) in [5.74, 6) is 0.366. The summed E-state index contributed by atoms with van der Waals surface area (Å²) >= 11 is 0. The fourth-order valence-electron chi connectivity index (χ4n) is 4.14. The first-order chi connectivity index (χ1) is 11.9. The van der Waals surface area contributed by atoms with Crippen LogP contribution in [0.5, 0.6) is 0 Å². The molecule has 1 aliphatic heterocycles.